The molecule has 0 aliphatic rings. The van der Waals surface area contributed by atoms with Crippen LogP contribution in [-0.4, -0.2) is 9.97 Å². The van der Waals surface area contributed by atoms with E-state index in [4.69, 9.17) is 18.0 Å². The van der Waals surface area contributed by atoms with Crippen LogP contribution < -0.4 is 11.1 Å². The Balaban J connectivity index is 2.26. The number of hydrogen-bond donors (Lipinski definition) is 2. The molecule has 106 valence electrons. The van der Waals surface area contributed by atoms with Crippen molar-refractivity contribution in [3.63, 3.8) is 0 Å². The zero-order chi connectivity index (χ0) is 14.8. The van der Waals surface area contributed by atoms with Crippen molar-refractivity contribution in [2.45, 2.75) is 12.7 Å². The van der Waals surface area contributed by atoms with E-state index < -0.39 is 11.7 Å². The molecule has 0 saturated heterocycles. The highest BCUT2D eigenvalue weighted by molar-refractivity contribution is 7.80. The minimum atomic E-state index is -4.42. The van der Waals surface area contributed by atoms with Crippen LogP contribution in [0.25, 0.3) is 0 Å². The van der Waals surface area contributed by atoms with Crippen LogP contribution in [-0.2, 0) is 12.7 Å². The van der Waals surface area contributed by atoms with Gasteiger partial charge in [-0.3, -0.25) is 0 Å². The normalized spacial score (nSPS) is 11.3. The summed E-state index contributed by atoms with van der Waals surface area (Å²) in [5, 5.41) is 5.62. The van der Waals surface area contributed by atoms with Gasteiger partial charge in [-0.25, -0.2) is 4.98 Å². The maximum Gasteiger partial charge on any atom is 0.416 e. The maximum atomic E-state index is 12.7. The molecule has 0 aliphatic heterocycles. The second-order valence-corrected chi connectivity index (χ2v) is 5.32. The quantitative estimate of drug-likeness (QED) is 0.849. The number of nitrogens with two attached hydrogens (primary N) is 1. The molecular weight excluding hydrogens is 307 g/mol. The van der Waals surface area contributed by atoms with E-state index in [2.05, 4.69) is 10.3 Å². The molecule has 0 aliphatic carbocycles. The van der Waals surface area contributed by atoms with Gasteiger partial charge in [-0.15, -0.1) is 11.3 Å². The second-order valence-electron chi connectivity index (χ2n) is 3.90. The maximum absolute atomic E-state index is 12.7. The summed E-state index contributed by atoms with van der Waals surface area (Å²) in [7, 11) is 0. The van der Waals surface area contributed by atoms with Gasteiger partial charge in [0.2, 0.25) is 0 Å². The van der Waals surface area contributed by atoms with Crippen LogP contribution in [0.4, 0.5) is 18.9 Å². The lowest BCUT2D eigenvalue weighted by atomic mass is 10.1. The molecule has 0 amide bonds. The average Bonchev–Trinajstić information content (AvgIpc) is 2.88. The standard InChI is InChI=1S/C12H10F3N3S2/c13-12(14,15)7-1-2-9(8(5-7)11(16)19)18-6-10-17-3-4-20-10/h1-5,18H,6H2,(H2,16,19). The Kier molecular flexibility index (Phi) is 4.24. The molecule has 2 aromatic rings. The third kappa shape index (κ3) is 3.45. The molecule has 0 atom stereocenters. The number of thiazole rings is 1. The Bertz CT molecular complexity index is 609. The number of rotatable bonds is 4. The molecule has 1 aromatic carbocycles. The Morgan fingerprint density at radius 1 is 1.40 bits per heavy atom. The number of benzene rings is 1. The van der Waals surface area contributed by atoms with Crippen molar-refractivity contribution in [3.8, 4) is 0 Å². The van der Waals surface area contributed by atoms with Crippen molar-refractivity contribution < 1.29 is 13.2 Å². The van der Waals surface area contributed by atoms with Crippen LogP contribution in [0.5, 0.6) is 0 Å². The molecule has 1 heterocycles. The molecule has 2 rings (SSSR count). The summed E-state index contributed by atoms with van der Waals surface area (Å²) in [5.41, 5.74) is 5.34. The molecule has 3 N–H and O–H groups in total. The second kappa shape index (κ2) is 5.76. The van der Waals surface area contributed by atoms with Gasteiger partial charge in [0, 0.05) is 22.8 Å². The van der Waals surface area contributed by atoms with Crippen molar-refractivity contribution in [3.05, 3.63) is 45.9 Å². The van der Waals surface area contributed by atoms with Crippen LogP contribution in [0.1, 0.15) is 16.1 Å². The van der Waals surface area contributed by atoms with Crippen molar-refractivity contribution in [1.29, 1.82) is 0 Å². The van der Waals surface area contributed by atoms with Gasteiger partial charge in [0.05, 0.1) is 12.1 Å². The molecule has 3 nitrogen and oxygen atoms in total. The highest BCUT2D eigenvalue weighted by Gasteiger charge is 2.31. The summed E-state index contributed by atoms with van der Waals surface area (Å²) in [6.45, 7) is 0.401. The Labute approximate surface area is 122 Å². The van der Waals surface area contributed by atoms with Gasteiger partial charge in [-0.2, -0.15) is 13.2 Å². The van der Waals surface area contributed by atoms with E-state index in [-0.39, 0.29) is 10.6 Å². The summed E-state index contributed by atoms with van der Waals surface area (Å²) in [6.07, 6.45) is -2.77. The van der Waals surface area contributed by atoms with Gasteiger partial charge in [-0.05, 0) is 18.2 Å². The van der Waals surface area contributed by atoms with Crippen LogP contribution in [0.2, 0.25) is 0 Å². The Hall–Kier alpha value is -1.67. The lowest BCUT2D eigenvalue weighted by Crippen LogP contribution is -2.15. The van der Waals surface area contributed by atoms with Crippen LogP contribution in [0.15, 0.2) is 29.8 Å². The zero-order valence-electron chi connectivity index (χ0n) is 10.1. The largest absolute Gasteiger partial charge is 0.416 e. The topological polar surface area (TPSA) is 50.9 Å². The first-order valence-corrected chi connectivity index (χ1v) is 6.80. The number of hydrogen-bond acceptors (Lipinski definition) is 4. The zero-order valence-corrected chi connectivity index (χ0v) is 11.7. The average molecular weight is 317 g/mol. The SMILES string of the molecule is NC(=S)c1cc(C(F)(F)F)ccc1NCc1nccs1. The summed E-state index contributed by atoms with van der Waals surface area (Å²) >= 11 is 6.25. The van der Waals surface area contributed by atoms with Crippen molar-refractivity contribution >= 4 is 34.2 Å². The molecule has 1 aromatic heterocycles. The highest BCUT2D eigenvalue weighted by Crippen LogP contribution is 2.32. The number of halogens is 3. The lowest BCUT2D eigenvalue weighted by molar-refractivity contribution is -0.137. The van der Waals surface area contributed by atoms with Gasteiger partial charge < -0.3 is 11.1 Å². The van der Waals surface area contributed by atoms with E-state index in [0.717, 1.165) is 17.1 Å². The third-order valence-corrected chi connectivity index (χ3v) is 3.53. The molecule has 0 spiro atoms. The van der Waals surface area contributed by atoms with Gasteiger partial charge in [-0.1, -0.05) is 12.2 Å². The number of nitrogens with one attached hydrogen (secondary N) is 1. The predicted octanol–water partition coefficient (Wildman–Crippen LogP) is 3.41. The summed E-state index contributed by atoms with van der Waals surface area (Å²) < 4.78 is 38.0. The van der Waals surface area contributed by atoms with Crippen molar-refractivity contribution in [2.75, 3.05) is 5.32 Å². The first-order chi connectivity index (χ1) is 9.38. The van der Waals surface area contributed by atoms with E-state index in [0.29, 0.717) is 12.2 Å². The number of nitrogens with zero attached hydrogens (tertiary/aromatic N) is 1. The van der Waals surface area contributed by atoms with Crippen LogP contribution in [0, 0.1) is 0 Å². The highest BCUT2D eigenvalue weighted by atomic mass is 32.1. The van der Waals surface area contributed by atoms with Gasteiger partial charge >= 0.3 is 6.18 Å². The summed E-state index contributed by atoms with van der Waals surface area (Å²) in [4.78, 5) is 3.99. The van der Waals surface area contributed by atoms with E-state index in [9.17, 15) is 13.2 Å². The van der Waals surface area contributed by atoms with E-state index in [1.807, 2.05) is 5.38 Å². The molecule has 0 unspecified atom stereocenters. The number of anilines is 1. The first-order valence-electron chi connectivity index (χ1n) is 5.51. The molecule has 0 saturated carbocycles. The smallest absolute Gasteiger partial charge is 0.389 e. The minimum absolute atomic E-state index is 0.0854. The number of aromatic nitrogens is 1. The van der Waals surface area contributed by atoms with E-state index in [1.165, 1.54) is 17.4 Å². The summed E-state index contributed by atoms with van der Waals surface area (Å²) in [5.74, 6) is 0. The summed E-state index contributed by atoms with van der Waals surface area (Å²) in [6, 6.07) is 3.27. The van der Waals surface area contributed by atoms with Crippen molar-refractivity contribution in [1.82, 2.24) is 4.98 Å². The fourth-order valence-corrected chi connectivity index (χ4v) is 2.31. The fraction of sp³-hybridized carbons (Fsp3) is 0.167. The Morgan fingerprint density at radius 2 is 2.15 bits per heavy atom. The minimum Gasteiger partial charge on any atom is -0.389 e. The number of alkyl halides is 3. The van der Waals surface area contributed by atoms with Gasteiger partial charge in [0.15, 0.2) is 0 Å². The van der Waals surface area contributed by atoms with Gasteiger partial charge in [0.1, 0.15) is 10.00 Å². The van der Waals surface area contributed by atoms with E-state index >= 15 is 0 Å². The monoisotopic (exact) mass is 317 g/mol. The van der Waals surface area contributed by atoms with Crippen molar-refractivity contribution in [2.24, 2.45) is 5.73 Å². The van der Waals surface area contributed by atoms with Crippen LogP contribution >= 0.6 is 23.6 Å². The lowest BCUT2D eigenvalue weighted by Gasteiger charge is -2.13. The molecule has 0 radical (unpaired) electrons. The molecule has 0 fully saturated rings. The molecule has 8 heteroatoms. The van der Waals surface area contributed by atoms with Crippen LogP contribution in [0.3, 0.4) is 0 Å². The molecular formula is C12H10F3N3S2. The van der Waals surface area contributed by atoms with Gasteiger partial charge in [0.25, 0.3) is 0 Å². The third-order valence-electron chi connectivity index (χ3n) is 2.53. The molecule has 0 bridgehead atoms. The van der Waals surface area contributed by atoms with E-state index in [1.54, 1.807) is 6.20 Å². The number of thiocarbonyl (C=S) groups is 1. The Morgan fingerprint density at radius 3 is 2.70 bits per heavy atom. The molecule has 20 heavy (non-hydrogen) atoms. The predicted molar refractivity (Wildman–Crippen MR) is 76.8 cm³/mol. The first kappa shape index (κ1) is 14.7. The fourth-order valence-electron chi connectivity index (χ4n) is 1.59.